The number of carbonyl (C=O) groups is 1. The molecule has 1 rings (SSSR count). The van der Waals surface area contributed by atoms with Crippen LogP contribution in [0, 0.1) is 0 Å². The second-order valence-electron chi connectivity index (χ2n) is 3.68. The van der Waals surface area contributed by atoms with Crippen LogP contribution in [0.2, 0.25) is 0 Å². The first-order chi connectivity index (χ1) is 7.63. The number of carbonyl (C=O) groups excluding carboxylic acids is 1. The molecular weight excluding hydrogens is 208 g/mol. The van der Waals surface area contributed by atoms with Crippen LogP contribution in [-0.2, 0) is 22.6 Å². The molecule has 0 saturated carbocycles. The van der Waals surface area contributed by atoms with Gasteiger partial charge in [-0.25, -0.2) is 0 Å². The van der Waals surface area contributed by atoms with Crippen molar-refractivity contribution in [3.8, 4) is 0 Å². The number of esters is 1. The Labute approximate surface area is 95.0 Å². The molecule has 1 heterocycles. The highest BCUT2D eigenvalue weighted by Crippen LogP contribution is 2.02. The Hall–Kier alpha value is -1.33. The number of ether oxygens (including phenoxy) is 1. The van der Waals surface area contributed by atoms with Gasteiger partial charge in [0.25, 0.3) is 0 Å². The summed E-state index contributed by atoms with van der Waals surface area (Å²) in [5.74, 6) is -0.270. The lowest BCUT2D eigenvalue weighted by Crippen LogP contribution is -2.25. The number of hydrogen-bond donors (Lipinski definition) is 2. The third-order valence-corrected chi connectivity index (χ3v) is 2.20. The van der Waals surface area contributed by atoms with E-state index in [0.29, 0.717) is 13.1 Å². The van der Waals surface area contributed by atoms with Gasteiger partial charge in [0.1, 0.15) is 6.54 Å². The predicted octanol–water partition coefficient (Wildman–Crippen LogP) is 0.132. The van der Waals surface area contributed by atoms with Gasteiger partial charge in [-0.3, -0.25) is 4.79 Å². The summed E-state index contributed by atoms with van der Waals surface area (Å²) in [5.41, 5.74) is 0.992. The fourth-order valence-electron chi connectivity index (χ4n) is 1.38. The van der Waals surface area contributed by atoms with E-state index in [9.17, 15) is 4.79 Å². The van der Waals surface area contributed by atoms with Gasteiger partial charge >= 0.3 is 5.97 Å². The van der Waals surface area contributed by atoms with E-state index in [4.69, 9.17) is 5.11 Å². The average molecular weight is 226 g/mol. The van der Waals surface area contributed by atoms with E-state index in [1.165, 1.54) is 7.11 Å². The van der Waals surface area contributed by atoms with E-state index in [-0.39, 0.29) is 18.6 Å². The van der Waals surface area contributed by atoms with E-state index in [1.54, 1.807) is 6.92 Å². The average Bonchev–Trinajstić information content (AvgIpc) is 2.65. The Balaban J connectivity index is 2.47. The topological polar surface area (TPSA) is 63.5 Å². The maximum absolute atomic E-state index is 11.1. The highest BCUT2D eigenvalue weighted by molar-refractivity contribution is 5.69. The van der Waals surface area contributed by atoms with Crippen molar-refractivity contribution in [1.29, 1.82) is 0 Å². The van der Waals surface area contributed by atoms with Gasteiger partial charge < -0.3 is 19.7 Å². The van der Waals surface area contributed by atoms with Crippen molar-refractivity contribution in [2.45, 2.75) is 26.1 Å². The summed E-state index contributed by atoms with van der Waals surface area (Å²) >= 11 is 0. The third kappa shape index (κ3) is 4.04. The maximum Gasteiger partial charge on any atom is 0.325 e. The molecule has 0 aliphatic heterocycles. The van der Waals surface area contributed by atoms with Crippen LogP contribution < -0.4 is 5.32 Å². The molecular formula is C11H18N2O3. The van der Waals surface area contributed by atoms with E-state index < -0.39 is 0 Å². The zero-order chi connectivity index (χ0) is 12.0. The molecule has 1 atom stereocenters. The minimum atomic E-state index is -0.371. The van der Waals surface area contributed by atoms with Crippen LogP contribution >= 0.6 is 0 Å². The lowest BCUT2D eigenvalue weighted by Gasteiger charge is -2.10. The van der Waals surface area contributed by atoms with E-state index >= 15 is 0 Å². The van der Waals surface area contributed by atoms with Crippen LogP contribution in [0.1, 0.15) is 12.6 Å². The van der Waals surface area contributed by atoms with Crippen molar-refractivity contribution < 1.29 is 14.6 Å². The van der Waals surface area contributed by atoms with Gasteiger partial charge in [-0.15, -0.1) is 0 Å². The second-order valence-corrected chi connectivity index (χ2v) is 3.68. The molecule has 0 aliphatic rings. The minimum Gasteiger partial charge on any atom is -0.468 e. The van der Waals surface area contributed by atoms with E-state index in [2.05, 4.69) is 10.1 Å². The first kappa shape index (κ1) is 12.7. The van der Waals surface area contributed by atoms with E-state index in [1.807, 2.05) is 22.9 Å². The minimum absolute atomic E-state index is 0.217. The van der Waals surface area contributed by atoms with Crippen LogP contribution in [0.15, 0.2) is 18.3 Å². The zero-order valence-electron chi connectivity index (χ0n) is 9.64. The number of nitrogens with zero attached hydrogens (tertiary/aromatic N) is 1. The summed E-state index contributed by atoms with van der Waals surface area (Å²) in [6.07, 6.45) is 1.46. The van der Waals surface area contributed by atoms with Crippen molar-refractivity contribution in [3.05, 3.63) is 24.0 Å². The Morgan fingerprint density at radius 1 is 1.69 bits per heavy atom. The Kier molecular flexibility index (Phi) is 5.01. The van der Waals surface area contributed by atoms with Crippen molar-refractivity contribution in [2.24, 2.45) is 0 Å². The van der Waals surface area contributed by atoms with E-state index in [0.717, 1.165) is 5.69 Å². The van der Waals surface area contributed by atoms with Crippen molar-refractivity contribution in [2.75, 3.05) is 13.7 Å². The van der Waals surface area contributed by atoms with Crippen LogP contribution in [0.4, 0.5) is 0 Å². The van der Waals surface area contributed by atoms with Crippen molar-refractivity contribution in [1.82, 2.24) is 9.88 Å². The number of aliphatic hydroxyl groups excluding tert-OH is 1. The predicted molar refractivity (Wildman–Crippen MR) is 59.8 cm³/mol. The summed E-state index contributed by atoms with van der Waals surface area (Å²) in [6.45, 7) is 3.09. The monoisotopic (exact) mass is 226 g/mol. The molecule has 5 nitrogen and oxygen atoms in total. The lowest BCUT2D eigenvalue weighted by atomic mass is 10.3. The molecule has 2 N–H and O–H groups in total. The fourth-order valence-corrected chi connectivity index (χ4v) is 1.38. The molecule has 1 unspecified atom stereocenters. The van der Waals surface area contributed by atoms with Gasteiger partial charge in [0, 0.05) is 25.0 Å². The Morgan fingerprint density at radius 2 is 2.44 bits per heavy atom. The third-order valence-electron chi connectivity index (χ3n) is 2.20. The highest BCUT2D eigenvalue weighted by Gasteiger charge is 2.06. The molecule has 0 radical (unpaired) electrons. The fraction of sp³-hybridized carbons (Fsp3) is 0.545. The van der Waals surface area contributed by atoms with Gasteiger partial charge in [-0.05, 0) is 19.1 Å². The molecule has 5 heteroatoms. The Morgan fingerprint density at radius 3 is 3.06 bits per heavy atom. The SMILES string of the molecule is COC(=O)Cn1cccc1CNCC(C)O. The largest absolute Gasteiger partial charge is 0.468 e. The molecule has 0 saturated heterocycles. The van der Waals surface area contributed by atoms with Crippen LogP contribution in [-0.4, -0.2) is 35.4 Å². The summed E-state index contributed by atoms with van der Waals surface area (Å²) in [5, 5.41) is 12.2. The molecule has 90 valence electrons. The smallest absolute Gasteiger partial charge is 0.325 e. The summed E-state index contributed by atoms with van der Waals surface area (Å²) in [4.78, 5) is 11.1. The van der Waals surface area contributed by atoms with Gasteiger partial charge in [0.05, 0.1) is 13.2 Å². The molecule has 0 bridgehead atoms. The van der Waals surface area contributed by atoms with Gasteiger partial charge in [0.15, 0.2) is 0 Å². The quantitative estimate of drug-likeness (QED) is 0.677. The molecule has 0 aromatic carbocycles. The normalized spacial score (nSPS) is 12.4. The van der Waals surface area contributed by atoms with Crippen LogP contribution in [0.3, 0.4) is 0 Å². The zero-order valence-corrected chi connectivity index (χ0v) is 9.64. The first-order valence-corrected chi connectivity index (χ1v) is 5.23. The molecule has 1 aromatic heterocycles. The second kappa shape index (κ2) is 6.30. The van der Waals surface area contributed by atoms with Gasteiger partial charge in [-0.2, -0.15) is 0 Å². The standard InChI is InChI=1S/C11H18N2O3/c1-9(14)6-12-7-10-4-3-5-13(10)8-11(15)16-2/h3-5,9,12,14H,6-8H2,1-2H3. The number of nitrogens with one attached hydrogen (secondary N) is 1. The van der Waals surface area contributed by atoms with Crippen LogP contribution in [0.25, 0.3) is 0 Å². The summed E-state index contributed by atoms with van der Waals surface area (Å²) < 4.78 is 6.42. The summed E-state index contributed by atoms with van der Waals surface area (Å²) in [7, 11) is 1.37. The molecule has 0 amide bonds. The highest BCUT2D eigenvalue weighted by atomic mass is 16.5. The first-order valence-electron chi connectivity index (χ1n) is 5.23. The number of aliphatic hydroxyl groups is 1. The van der Waals surface area contributed by atoms with Crippen LogP contribution in [0.5, 0.6) is 0 Å². The number of hydrogen-bond acceptors (Lipinski definition) is 4. The molecule has 16 heavy (non-hydrogen) atoms. The molecule has 0 spiro atoms. The van der Waals surface area contributed by atoms with Gasteiger partial charge in [-0.1, -0.05) is 0 Å². The number of rotatable bonds is 6. The Bertz CT molecular complexity index is 334. The summed E-state index contributed by atoms with van der Waals surface area (Å²) in [6, 6.07) is 3.81. The lowest BCUT2D eigenvalue weighted by molar-refractivity contribution is -0.141. The molecule has 0 aliphatic carbocycles. The maximum atomic E-state index is 11.1. The number of methoxy groups -OCH3 is 1. The van der Waals surface area contributed by atoms with Crippen molar-refractivity contribution >= 4 is 5.97 Å². The molecule has 1 aromatic rings. The molecule has 0 fully saturated rings. The number of aromatic nitrogens is 1. The van der Waals surface area contributed by atoms with Gasteiger partial charge in [0.2, 0.25) is 0 Å². The van der Waals surface area contributed by atoms with Crippen molar-refractivity contribution in [3.63, 3.8) is 0 Å².